The van der Waals surface area contributed by atoms with E-state index in [2.05, 4.69) is 24.2 Å². The number of fused-ring (bicyclic) bond motifs is 1. The van der Waals surface area contributed by atoms with E-state index in [4.69, 9.17) is 0 Å². The van der Waals surface area contributed by atoms with Crippen LogP contribution in [0.2, 0.25) is 0 Å². The number of nitrogens with zero attached hydrogens (tertiary/aromatic N) is 4. The fourth-order valence-electron chi connectivity index (χ4n) is 4.22. The van der Waals surface area contributed by atoms with Gasteiger partial charge in [0.15, 0.2) is 9.84 Å². The van der Waals surface area contributed by atoms with Crippen LogP contribution in [-0.4, -0.2) is 56.4 Å². The molecule has 29 heavy (non-hydrogen) atoms. The van der Waals surface area contributed by atoms with Gasteiger partial charge in [0.05, 0.1) is 36.4 Å². The van der Waals surface area contributed by atoms with Crippen LogP contribution in [0.4, 0.5) is 0 Å². The number of aryl methyl sites for hydroxylation is 1. The van der Waals surface area contributed by atoms with Gasteiger partial charge in [-0.1, -0.05) is 31.9 Å². The van der Waals surface area contributed by atoms with Crippen molar-refractivity contribution in [3.63, 3.8) is 0 Å². The van der Waals surface area contributed by atoms with E-state index in [-0.39, 0.29) is 42.5 Å². The van der Waals surface area contributed by atoms with Gasteiger partial charge in [-0.05, 0) is 32.6 Å². The molecule has 11 heteroatoms. The van der Waals surface area contributed by atoms with Crippen molar-refractivity contribution in [1.82, 2.24) is 19.9 Å². The van der Waals surface area contributed by atoms with E-state index in [0.717, 1.165) is 48.4 Å². The third kappa shape index (κ3) is 3.88. The topological polar surface area (TPSA) is 125 Å². The molecule has 0 radical (unpaired) electrons. The molecule has 3 rings (SSSR count). The molecule has 2 saturated heterocycles. The summed E-state index contributed by atoms with van der Waals surface area (Å²) in [5, 5.41) is 19.1. The number of β-lactam (4-membered cyclic amide) rings is 1. The van der Waals surface area contributed by atoms with Crippen LogP contribution in [-0.2, 0) is 38.8 Å². The molecule has 0 spiro atoms. The van der Waals surface area contributed by atoms with E-state index in [0.29, 0.717) is 6.42 Å². The monoisotopic (exact) mass is 434 g/mol. The van der Waals surface area contributed by atoms with Gasteiger partial charge in [0.2, 0.25) is 5.91 Å². The van der Waals surface area contributed by atoms with Crippen LogP contribution in [0.5, 0.6) is 0 Å². The molecule has 3 atom stereocenters. The molecule has 0 aliphatic carbocycles. The van der Waals surface area contributed by atoms with Crippen molar-refractivity contribution >= 4 is 21.7 Å². The largest absolute Gasteiger partial charge is 1.00 e. The van der Waals surface area contributed by atoms with Crippen LogP contribution in [0.25, 0.3) is 0 Å². The number of carboxylic acids is 1. The second kappa shape index (κ2) is 9.03. The molecule has 0 saturated carbocycles. The Morgan fingerprint density at radius 2 is 1.86 bits per heavy atom. The van der Waals surface area contributed by atoms with Gasteiger partial charge >= 0.3 is 29.6 Å². The minimum Gasteiger partial charge on any atom is -0.548 e. The van der Waals surface area contributed by atoms with Crippen LogP contribution in [0.1, 0.15) is 64.3 Å². The molecular formula is C18H27N4NaO5S. The summed E-state index contributed by atoms with van der Waals surface area (Å²) in [6, 6.07) is -1.52. The summed E-state index contributed by atoms with van der Waals surface area (Å²) in [5.74, 6) is -2.03. The van der Waals surface area contributed by atoms with E-state index in [1.54, 1.807) is 0 Å². The zero-order valence-electron chi connectivity index (χ0n) is 17.5. The maximum absolute atomic E-state index is 13.1. The fourth-order valence-corrected chi connectivity index (χ4v) is 6.56. The van der Waals surface area contributed by atoms with Crippen molar-refractivity contribution in [1.29, 1.82) is 0 Å². The van der Waals surface area contributed by atoms with Crippen molar-refractivity contribution < 1.29 is 52.7 Å². The quantitative estimate of drug-likeness (QED) is 0.297. The van der Waals surface area contributed by atoms with Crippen molar-refractivity contribution in [2.75, 3.05) is 0 Å². The summed E-state index contributed by atoms with van der Waals surface area (Å²) in [6.45, 7) is 5.36. The molecule has 0 bridgehead atoms. The zero-order chi connectivity index (χ0) is 20.7. The number of sulfone groups is 1. The van der Waals surface area contributed by atoms with Gasteiger partial charge in [0.1, 0.15) is 10.1 Å². The number of carboxylic acid groups (broad SMARTS) is 1. The number of hydrogen-bond acceptors (Lipinski definition) is 7. The average Bonchev–Trinajstić information content (AvgIpc) is 3.06. The van der Waals surface area contributed by atoms with Crippen molar-refractivity contribution in [2.24, 2.45) is 0 Å². The van der Waals surface area contributed by atoms with Gasteiger partial charge in [-0.2, -0.15) is 0 Å². The van der Waals surface area contributed by atoms with Crippen LogP contribution >= 0.6 is 0 Å². The molecule has 0 N–H and O–H groups in total. The first-order chi connectivity index (χ1) is 13.2. The number of amides is 1. The summed E-state index contributed by atoms with van der Waals surface area (Å²) in [6.07, 6.45) is 5.06. The molecule has 9 nitrogen and oxygen atoms in total. The van der Waals surface area contributed by atoms with E-state index in [1.165, 1.54) is 11.6 Å². The number of unbranched alkanes of at least 4 members (excludes halogenated alkanes) is 2. The summed E-state index contributed by atoms with van der Waals surface area (Å²) in [5.41, 5.74) is 1.68. The van der Waals surface area contributed by atoms with Crippen molar-refractivity contribution in [2.45, 2.75) is 88.4 Å². The molecule has 2 aliphatic rings. The Bertz CT molecular complexity index is 887. The second-order valence-electron chi connectivity index (χ2n) is 7.89. The minimum absolute atomic E-state index is 0. The summed E-state index contributed by atoms with van der Waals surface area (Å²) >= 11 is 0. The van der Waals surface area contributed by atoms with E-state index < -0.39 is 37.9 Å². The third-order valence-electron chi connectivity index (χ3n) is 5.95. The SMILES string of the molecule is CCCCc1nnn(C[C@@]2(C)[C@H](C(=O)[O-])N3C(=O)C[C@@H]3S2(=O)=O)c1CCCC.[Na+]. The van der Waals surface area contributed by atoms with Gasteiger partial charge in [-0.25, -0.2) is 13.1 Å². The average molecular weight is 434 g/mol. The van der Waals surface area contributed by atoms with E-state index in [1.807, 2.05) is 0 Å². The normalized spacial score (nSPS) is 27.3. The van der Waals surface area contributed by atoms with Gasteiger partial charge in [0.25, 0.3) is 0 Å². The van der Waals surface area contributed by atoms with E-state index >= 15 is 0 Å². The van der Waals surface area contributed by atoms with Crippen LogP contribution in [0.15, 0.2) is 0 Å². The second-order valence-corrected chi connectivity index (χ2v) is 10.5. The van der Waals surface area contributed by atoms with Gasteiger partial charge in [-0.3, -0.25) is 4.79 Å². The number of hydrogen-bond donors (Lipinski definition) is 0. The molecular weight excluding hydrogens is 407 g/mol. The number of carbonyl (C=O) groups is 2. The summed E-state index contributed by atoms with van der Waals surface area (Å²) in [7, 11) is -3.90. The Balaban J connectivity index is 0.00000300. The predicted molar refractivity (Wildman–Crippen MR) is 98.6 cm³/mol. The zero-order valence-corrected chi connectivity index (χ0v) is 20.4. The molecule has 1 aromatic heterocycles. The van der Waals surface area contributed by atoms with Crippen LogP contribution < -0.4 is 34.7 Å². The standard InChI is InChI=1S/C18H28N4O5S.Na/c1-4-6-8-12-13(9-7-5-2)21(20-19-12)11-18(3)16(17(24)25)22-14(23)10-15(22)28(18,26)27;/h15-16H,4-11H2,1-3H3,(H,24,25);/q;+1/p-1/t15-,16-,18-;/m0./s1. The maximum atomic E-state index is 13.1. The summed E-state index contributed by atoms with van der Waals surface area (Å²) < 4.78 is 26.0. The first-order valence-electron chi connectivity index (χ1n) is 9.85. The Labute approximate surface area is 193 Å². The van der Waals surface area contributed by atoms with E-state index in [9.17, 15) is 23.1 Å². The smallest absolute Gasteiger partial charge is 0.548 e. The first kappa shape index (κ1) is 24.3. The molecule has 0 aromatic carbocycles. The van der Waals surface area contributed by atoms with Crippen molar-refractivity contribution in [3.05, 3.63) is 11.4 Å². The molecule has 2 aliphatic heterocycles. The Kier molecular flexibility index (Phi) is 7.57. The molecule has 1 aromatic rings. The predicted octanol–water partition coefficient (Wildman–Crippen LogP) is -3.17. The number of rotatable bonds is 9. The Morgan fingerprint density at radius 3 is 2.41 bits per heavy atom. The third-order valence-corrected chi connectivity index (χ3v) is 8.71. The number of aliphatic carboxylic acids is 1. The van der Waals surface area contributed by atoms with Crippen molar-refractivity contribution in [3.8, 4) is 0 Å². The summed E-state index contributed by atoms with van der Waals surface area (Å²) in [4.78, 5) is 24.7. The number of aromatic nitrogens is 3. The fraction of sp³-hybridized carbons (Fsp3) is 0.778. The van der Waals surface area contributed by atoms with Crippen LogP contribution in [0.3, 0.4) is 0 Å². The molecule has 3 heterocycles. The van der Waals surface area contributed by atoms with Gasteiger partial charge in [-0.15, -0.1) is 5.10 Å². The minimum atomic E-state index is -3.90. The van der Waals surface area contributed by atoms with Crippen LogP contribution in [0, 0.1) is 0 Å². The molecule has 0 unspecified atom stereocenters. The Hall–Kier alpha value is -0.970. The first-order valence-corrected chi connectivity index (χ1v) is 11.4. The maximum Gasteiger partial charge on any atom is 1.00 e. The molecule has 2 fully saturated rings. The number of carbonyl (C=O) groups excluding carboxylic acids is 2. The van der Waals surface area contributed by atoms with Gasteiger partial charge < -0.3 is 14.8 Å². The Morgan fingerprint density at radius 1 is 1.24 bits per heavy atom. The van der Waals surface area contributed by atoms with Gasteiger partial charge in [0, 0.05) is 0 Å². The molecule has 1 amide bonds. The molecule has 156 valence electrons.